The van der Waals surface area contributed by atoms with E-state index >= 15 is 0 Å². The highest BCUT2D eigenvalue weighted by molar-refractivity contribution is 5.34. The minimum absolute atomic E-state index is 0.0569. The number of H-pyrrole nitrogens is 1. The quantitative estimate of drug-likeness (QED) is 0.748. The fourth-order valence-electron chi connectivity index (χ4n) is 2.01. The Kier molecular flexibility index (Phi) is 2.27. The van der Waals surface area contributed by atoms with Crippen LogP contribution in [0, 0.1) is 0 Å². The molecule has 2 rings (SSSR count). The maximum Gasteiger partial charge on any atom is 0.290 e. The summed E-state index contributed by atoms with van der Waals surface area (Å²) in [5.74, 6) is 0.442. The Bertz CT molecular complexity index is 366. The van der Waals surface area contributed by atoms with Crippen molar-refractivity contribution < 1.29 is 0 Å². The van der Waals surface area contributed by atoms with Crippen molar-refractivity contribution in [2.24, 2.45) is 0 Å². The number of nitrogens with zero attached hydrogens (tertiary/aromatic N) is 1. The molecule has 1 aromatic heterocycles. The number of hydrogen-bond acceptors (Lipinski definition) is 3. The average Bonchev–Trinajstić information content (AvgIpc) is 2.57. The summed E-state index contributed by atoms with van der Waals surface area (Å²) in [6.07, 6.45) is 7.83. The van der Waals surface area contributed by atoms with Gasteiger partial charge >= 0.3 is 0 Å². The van der Waals surface area contributed by atoms with E-state index in [9.17, 15) is 4.79 Å². The number of aromatic amines is 1. The molecular weight excluding hydrogens is 178 g/mol. The maximum atomic E-state index is 11.4. The molecule has 0 aromatic carbocycles. The van der Waals surface area contributed by atoms with Crippen molar-refractivity contribution in [3.8, 4) is 0 Å². The van der Waals surface area contributed by atoms with E-state index in [1.165, 1.54) is 12.8 Å². The van der Waals surface area contributed by atoms with Gasteiger partial charge in [0.15, 0.2) is 5.82 Å². The van der Waals surface area contributed by atoms with Gasteiger partial charge in [-0.05, 0) is 19.8 Å². The van der Waals surface area contributed by atoms with E-state index in [1.54, 1.807) is 12.4 Å². The lowest BCUT2D eigenvalue weighted by molar-refractivity contribution is 0.530. The molecule has 1 saturated carbocycles. The lowest BCUT2D eigenvalue weighted by Gasteiger charge is -2.25. The van der Waals surface area contributed by atoms with E-state index in [2.05, 4.69) is 22.2 Å². The van der Waals surface area contributed by atoms with Crippen molar-refractivity contribution in [1.82, 2.24) is 9.97 Å². The summed E-state index contributed by atoms with van der Waals surface area (Å²) < 4.78 is 0. The molecule has 4 nitrogen and oxygen atoms in total. The Labute approximate surface area is 82.8 Å². The van der Waals surface area contributed by atoms with Gasteiger partial charge in [-0.1, -0.05) is 12.8 Å². The highest BCUT2D eigenvalue weighted by Crippen LogP contribution is 2.31. The molecule has 14 heavy (non-hydrogen) atoms. The van der Waals surface area contributed by atoms with Crippen LogP contribution in [-0.4, -0.2) is 15.5 Å². The summed E-state index contributed by atoms with van der Waals surface area (Å²) in [6.45, 7) is 2.15. The molecule has 2 N–H and O–H groups in total. The summed E-state index contributed by atoms with van der Waals surface area (Å²) in [5.41, 5.74) is -0.0814. The second-order valence-electron chi connectivity index (χ2n) is 4.16. The molecule has 0 atom stereocenters. The first-order chi connectivity index (χ1) is 6.70. The molecule has 0 spiro atoms. The van der Waals surface area contributed by atoms with Crippen molar-refractivity contribution >= 4 is 5.82 Å². The molecule has 0 amide bonds. The zero-order chi connectivity index (χ0) is 10.0. The molecule has 0 saturated heterocycles. The van der Waals surface area contributed by atoms with Crippen LogP contribution in [-0.2, 0) is 0 Å². The Morgan fingerprint density at radius 2 is 2.21 bits per heavy atom. The Hall–Kier alpha value is -1.32. The van der Waals surface area contributed by atoms with Crippen molar-refractivity contribution in [1.29, 1.82) is 0 Å². The summed E-state index contributed by atoms with van der Waals surface area (Å²) >= 11 is 0. The molecule has 0 aliphatic heterocycles. The first kappa shape index (κ1) is 9.24. The van der Waals surface area contributed by atoms with Gasteiger partial charge in [0.05, 0.1) is 0 Å². The average molecular weight is 193 g/mol. The number of aromatic nitrogens is 2. The zero-order valence-corrected chi connectivity index (χ0v) is 8.34. The number of rotatable bonds is 2. The van der Waals surface area contributed by atoms with Crippen molar-refractivity contribution in [2.45, 2.75) is 38.1 Å². The minimum atomic E-state index is -0.138. The second kappa shape index (κ2) is 3.44. The molecule has 0 bridgehead atoms. The van der Waals surface area contributed by atoms with Crippen LogP contribution in [0.1, 0.15) is 32.6 Å². The molecule has 1 fully saturated rings. The second-order valence-corrected chi connectivity index (χ2v) is 4.16. The highest BCUT2D eigenvalue weighted by atomic mass is 16.1. The van der Waals surface area contributed by atoms with Gasteiger partial charge in [-0.2, -0.15) is 0 Å². The molecule has 1 aliphatic rings. The molecule has 4 heteroatoms. The van der Waals surface area contributed by atoms with Crippen LogP contribution in [0.2, 0.25) is 0 Å². The third-order valence-corrected chi connectivity index (χ3v) is 2.83. The van der Waals surface area contributed by atoms with Crippen LogP contribution in [0.5, 0.6) is 0 Å². The lowest BCUT2D eigenvalue weighted by Crippen LogP contribution is -2.34. The summed E-state index contributed by atoms with van der Waals surface area (Å²) in [5, 5.41) is 3.23. The summed E-state index contributed by atoms with van der Waals surface area (Å²) in [7, 11) is 0. The van der Waals surface area contributed by atoms with Gasteiger partial charge in [0.2, 0.25) is 0 Å². The van der Waals surface area contributed by atoms with Crippen LogP contribution in [0.4, 0.5) is 5.82 Å². The fourth-order valence-corrected chi connectivity index (χ4v) is 2.01. The molecule has 1 heterocycles. The fraction of sp³-hybridized carbons (Fsp3) is 0.600. The Morgan fingerprint density at radius 1 is 1.50 bits per heavy atom. The van der Waals surface area contributed by atoms with Crippen LogP contribution >= 0.6 is 0 Å². The van der Waals surface area contributed by atoms with Crippen LogP contribution < -0.4 is 10.9 Å². The van der Waals surface area contributed by atoms with Gasteiger partial charge < -0.3 is 10.3 Å². The predicted octanol–water partition coefficient (Wildman–Crippen LogP) is 1.51. The third kappa shape index (κ3) is 1.78. The lowest BCUT2D eigenvalue weighted by atomic mass is 10.0. The molecule has 76 valence electrons. The van der Waals surface area contributed by atoms with E-state index in [0.717, 1.165) is 12.8 Å². The van der Waals surface area contributed by atoms with Crippen LogP contribution in [0.3, 0.4) is 0 Å². The summed E-state index contributed by atoms with van der Waals surface area (Å²) in [4.78, 5) is 18.0. The Morgan fingerprint density at radius 3 is 2.86 bits per heavy atom. The number of nitrogens with one attached hydrogen (secondary N) is 2. The van der Waals surface area contributed by atoms with E-state index in [0.29, 0.717) is 5.82 Å². The van der Waals surface area contributed by atoms with Gasteiger partial charge in [-0.15, -0.1) is 0 Å². The van der Waals surface area contributed by atoms with Crippen molar-refractivity contribution in [3.05, 3.63) is 22.7 Å². The van der Waals surface area contributed by atoms with Crippen LogP contribution in [0.15, 0.2) is 17.2 Å². The maximum absolute atomic E-state index is 11.4. The Balaban J connectivity index is 2.18. The van der Waals surface area contributed by atoms with Gasteiger partial charge in [0, 0.05) is 17.9 Å². The molecule has 0 unspecified atom stereocenters. The zero-order valence-electron chi connectivity index (χ0n) is 8.34. The van der Waals surface area contributed by atoms with Gasteiger partial charge in [-0.3, -0.25) is 4.79 Å². The smallest absolute Gasteiger partial charge is 0.290 e. The number of anilines is 1. The highest BCUT2D eigenvalue weighted by Gasteiger charge is 2.29. The monoisotopic (exact) mass is 193 g/mol. The van der Waals surface area contributed by atoms with Gasteiger partial charge in [0.1, 0.15) is 0 Å². The van der Waals surface area contributed by atoms with E-state index in [1.807, 2.05) is 0 Å². The molecule has 1 aromatic rings. The van der Waals surface area contributed by atoms with Crippen molar-refractivity contribution in [3.63, 3.8) is 0 Å². The topological polar surface area (TPSA) is 57.8 Å². The minimum Gasteiger partial charge on any atom is -0.360 e. The largest absolute Gasteiger partial charge is 0.360 e. The number of hydrogen-bond donors (Lipinski definition) is 2. The van der Waals surface area contributed by atoms with E-state index in [4.69, 9.17) is 0 Å². The SMILES string of the molecule is CC1(Nc2ncc[nH]c2=O)CCCC1. The third-order valence-electron chi connectivity index (χ3n) is 2.83. The predicted molar refractivity (Wildman–Crippen MR) is 55.4 cm³/mol. The van der Waals surface area contributed by atoms with E-state index < -0.39 is 0 Å². The molecule has 0 radical (unpaired) electrons. The summed E-state index contributed by atoms with van der Waals surface area (Å²) in [6, 6.07) is 0. The first-order valence-corrected chi connectivity index (χ1v) is 5.02. The van der Waals surface area contributed by atoms with Crippen LogP contribution in [0.25, 0.3) is 0 Å². The standard InChI is InChI=1S/C10H15N3O/c1-10(4-2-3-5-10)13-8-9(14)12-7-6-11-8/h6-7H,2-5H2,1H3,(H,11,13)(H,12,14). The van der Waals surface area contributed by atoms with Gasteiger partial charge in [-0.25, -0.2) is 4.98 Å². The molecule has 1 aliphatic carbocycles. The van der Waals surface area contributed by atoms with Crippen molar-refractivity contribution in [2.75, 3.05) is 5.32 Å². The molecular formula is C10H15N3O. The first-order valence-electron chi connectivity index (χ1n) is 5.02. The normalized spacial score (nSPS) is 19.5. The van der Waals surface area contributed by atoms with Gasteiger partial charge in [0.25, 0.3) is 5.56 Å². The van der Waals surface area contributed by atoms with E-state index in [-0.39, 0.29) is 11.1 Å².